The van der Waals surface area contributed by atoms with E-state index in [0.717, 1.165) is 16.7 Å². The van der Waals surface area contributed by atoms with E-state index in [-0.39, 0.29) is 24.0 Å². The number of thiazole rings is 1. The first-order valence-electron chi connectivity index (χ1n) is 8.08. The van der Waals surface area contributed by atoms with Crippen molar-refractivity contribution in [3.8, 4) is 0 Å². The van der Waals surface area contributed by atoms with E-state index in [9.17, 15) is 0 Å². The number of hydrogen-bond donors (Lipinski definition) is 2. The molecule has 2 N–H and O–H groups in total. The van der Waals surface area contributed by atoms with Gasteiger partial charge in [-0.2, -0.15) is 0 Å². The molecule has 5 nitrogen and oxygen atoms in total. The molecule has 0 bridgehead atoms. The normalized spacial score (nSPS) is 11.3. The summed E-state index contributed by atoms with van der Waals surface area (Å²) >= 11 is 1.68. The molecule has 0 aliphatic heterocycles. The second-order valence-corrected chi connectivity index (χ2v) is 6.80. The third-order valence-corrected chi connectivity index (χ3v) is 4.42. The average Bonchev–Trinajstić information content (AvgIpc) is 3.05. The molecular formula is C18H27IN4OS. The summed E-state index contributed by atoms with van der Waals surface area (Å²) in [5, 5.41) is 9.84. The van der Waals surface area contributed by atoms with Gasteiger partial charge in [0.1, 0.15) is 5.01 Å². The SMILES string of the molecule is CN=C(NCc1cccc(COC)c1)NCc1nc(C(C)C)cs1.I. The highest BCUT2D eigenvalue weighted by atomic mass is 127. The Morgan fingerprint density at radius 1 is 1.24 bits per heavy atom. The van der Waals surface area contributed by atoms with Crippen LogP contribution in [0, 0.1) is 0 Å². The van der Waals surface area contributed by atoms with Crippen LogP contribution in [0.1, 0.15) is 41.6 Å². The van der Waals surface area contributed by atoms with E-state index in [0.29, 0.717) is 25.6 Å². The molecule has 0 saturated heterocycles. The highest BCUT2D eigenvalue weighted by Crippen LogP contribution is 2.17. The van der Waals surface area contributed by atoms with Crippen LogP contribution in [-0.4, -0.2) is 25.1 Å². The number of halogens is 1. The lowest BCUT2D eigenvalue weighted by atomic mass is 10.1. The fourth-order valence-electron chi connectivity index (χ4n) is 2.23. The van der Waals surface area contributed by atoms with E-state index in [1.54, 1.807) is 25.5 Å². The van der Waals surface area contributed by atoms with Crippen LogP contribution in [-0.2, 0) is 24.4 Å². The lowest BCUT2D eigenvalue weighted by Gasteiger charge is -2.11. The van der Waals surface area contributed by atoms with Gasteiger partial charge in [-0.1, -0.05) is 38.1 Å². The van der Waals surface area contributed by atoms with Gasteiger partial charge in [-0.3, -0.25) is 4.99 Å². The number of hydrogen-bond acceptors (Lipinski definition) is 4. The smallest absolute Gasteiger partial charge is 0.191 e. The first kappa shape index (κ1) is 21.9. The molecule has 0 saturated carbocycles. The largest absolute Gasteiger partial charge is 0.380 e. The molecule has 0 amide bonds. The number of nitrogens with zero attached hydrogens (tertiary/aromatic N) is 2. The molecular weight excluding hydrogens is 447 g/mol. The van der Waals surface area contributed by atoms with Gasteiger partial charge in [0.25, 0.3) is 0 Å². The van der Waals surface area contributed by atoms with Gasteiger partial charge in [-0.25, -0.2) is 4.98 Å². The Bertz CT molecular complexity index is 673. The zero-order valence-corrected chi connectivity index (χ0v) is 18.4. The van der Waals surface area contributed by atoms with Gasteiger partial charge in [0.15, 0.2) is 5.96 Å². The van der Waals surface area contributed by atoms with Crippen molar-refractivity contribution >= 4 is 41.3 Å². The van der Waals surface area contributed by atoms with Crippen molar-refractivity contribution in [1.82, 2.24) is 15.6 Å². The standard InChI is InChI=1S/C18H26N4OS.HI/c1-13(2)16-12-24-17(22-16)10-21-18(19-3)20-9-14-6-5-7-15(8-14)11-23-4;/h5-8,12-13H,9-11H2,1-4H3,(H2,19,20,21);1H. The lowest BCUT2D eigenvalue weighted by Crippen LogP contribution is -2.36. The summed E-state index contributed by atoms with van der Waals surface area (Å²) in [5.41, 5.74) is 3.52. The summed E-state index contributed by atoms with van der Waals surface area (Å²) in [6.45, 7) is 6.34. The maximum absolute atomic E-state index is 5.17. The topological polar surface area (TPSA) is 58.5 Å². The van der Waals surface area contributed by atoms with Crippen LogP contribution in [0.2, 0.25) is 0 Å². The summed E-state index contributed by atoms with van der Waals surface area (Å²) in [5.74, 6) is 1.24. The zero-order valence-electron chi connectivity index (χ0n) is 15.2. The minimum absolute atomic E-state index is 0. The molecule has 1 aromatic heterocycles. The molecule has 0 aliphatic rings. The number of aromatic nitrogens is 1. The van der Waals surface area contributed by atoms with E-state index in [1.807, 2.05) is 6.07 Å². The number of rotatable bonds is 7. The van der Waals surface area contributed by atoms with Gasteiger partial charge in [0, 0.05) is 26.1 Å². The van der Waals surface area contributed by atoms with Crippen molar-refractivity contribution < 1.29 is 4.74 Å². The average molecular weight is 474 g/mol. The van der Waals surface area contributed by atoms with E-state index in [4.69, 9.17) is 4.74 Å². The summed E-state index contributed by atoms with van der Waals surface area (Å²) < 4.78 is 5.17. The van der Waals surface area contributed by atoms with Crippen LogP contribution >= 0.6 is 35.3 Å². The van der Waals surface area contributed by atoms with Crippen LogP contribution in [0.15, 0.2) is 34.6 Å². The van der Waals surface area contributed by atoms with Gasteiger partial charge >= 0.3 is 0 Å². The van der Waals surface area contributed by atoms with E-state index in [2.05, 4.69) is 58.0 Å². The molecule has 0 atom stereocenters. The number of nitrogens with one attached hydrogen (secondary N) is 2. The summed E-state index contributed by atoms with van der Waals surface area (Å²) in [6.07, 6.45) is 0. The Balaban J connectivity index is 0.00000312. The maximum atomic E-state index is 5.17. The third kappa shape index (κ3) is 7.29. The minimum Gasteiger partial charge on any atom is -0.380 e. The molecule has 25 heavy (non-hydrogen) atoms. The van der Waals surface area contributed by atoms with Gasteiger partial charge in [0.2, 0.25) is 0 Å². The van der Waals surface area contributed by atoms with Crippen LogP contribution in [0.4, 0.5) is 0 Å². The Morgan fingerprint density at radius 3 is 2.60 bits per heavy atom. The predicted molar refractivity (Wildman–Crippen MR) is 116 cm³/mol. The summed E-state index contributed by atoms with van der Waals surface area (Å²) in [6, 6.07) is 8.34. The van der Waals surface area contributed by atoms with E-state index in [1.165, 1.54) is 11.1 Å². The molecule has 7 heteroatoms. The molecule has 2 rings (SSSR count). The Kier molecular flexibility index (Phi) is 9.99. The van der Waals surface area contributed by atoms with Crippen molar-refractivity contribution in [2.45, 2.75) is 39.5 Å². The molecule has 0 fully saturated rings. The van der Waals surface area contributed by atoms with Gasteiger partial charge < -0.3 is 15.4 Å². The molecule has 0 spiro atoms. The Labute approximate surface area is 171 Å². The fraction of sp³-hybridized carbons (Fsp3) is 0.444. The quantitative estimate of drug-likeness (QED) is 0.363. The summed E-state index contributed by atoms with van der Waals surface area (Å²) in [7, 11) is 3.48. The molecule has 1 heterocycles. The van der Waals surface area contributed by atoms with Gasteiger partial charge in [0.05, 0.1) is 18.8 Å². The lowest BCUT2D eigenvalue weighted by molar-refractivity contribution is 0.185. The summed E-state index contributed by atoms with van der Waals surface area (Å²) in [4.78, 5) is 8.89. The van der Waals surface area contributed by atoms with Crippen molar-refractivity contribution in [3.63, 3.8) is 0 Å². The van der Waals surface area contributed by atoms with Crippen molar-refractivity contribution in [2.75, 3.05) is 14.2 Å². The maximum Gasteiger partial charge on any atom is 0.191 e. The number of methoxy groups -OCH3 is 1. The fourth-order valence-corrected chi connectivity index (χ4v) is 3.13. The van der Waals surface area contributed by atoms with Crippen molar-refractivity contribution in [2.24, 2.45) is 4.99 Å². The molecule has 0 radical (unpaired) electrons. The molecule has 0 unspecified atom stereocenters. The number of ether oxygens (including phenoxy) is 1. The number of benzene rings is 1. The first-order valence-corrected chi connectivity index (χ1v) is 8.96. The van der Waals surface area contributed by atoms with Crippen LogP contribution in [0.3, 0.4) is 0 Å². The number of guanidine groups is 1. The molecule has 2 aromatic rings. The molecule has 0 aliphatic carbocycles. The van der Waals surface area contributed by atoms with E-state index < -0.39 is 0 Å². The van der Waals surface area contributed by atoms with Crippen LogP contribution in [0.25, 0.3) is 0 Å². The molecule has 138 valence electrons. The van der Waals surface area contributed by atoms with Crippen LogP contribution < -0.4 is 10.6 Å². The molecule has 1 aromatic carbocycles. The highest BCUT2D eigenvalue weighted by molar-refractivity contribution is 14.0. The minimum atomic E-state index is 0. The second kappa shape index (κ2) is 11.4. The van der Waals surface area contributed by atoms with Gasteiger partial charge in [-0.05, 0) is 17.0 Å². The van der Waals surface area contributed by atoms with Crippen molar-refractivity contribution in [3.05, 3.63) is 51.5 Å². The predicted octanol–water partition coefficient (Wildman–Crippen LogP) is 3.90. The first-order chi connectivity index (χ1) is 11.6. The highest BCUT2D eigenvalue weighted by Gasteiger charge is 2.06. The van der Waals surface area contributed by atoms with Gasteiger partial charge in [-0.15, -0.1) is 35.3 Å². The van der Waals surface area contributed by atoms with E-state index >= 15 is 0 Å². The van der Waals surface area contributed by atoms with Crippen molar-refractivity contribution in [1.29, 1.82) is 0 Å². The third-order valence-electron chi connectivity index (χ3n) is 3.55. The second-order valence-electron chi connectivity index (χ2n) is 5.85. The monoisotopic (exact) mass is 474 g/mol. The van der Waals surface area contributed by atoms with Crippen LogP contribution in [0.5, 0.6) is 0 Å². The number of aliphatic imine (C=N–C) groups is 1. The Morgan fingerprint density at radius 2 is 1.96 bits per heavy atom. The zero-order chi connectivity index (χ0) is 17.4. The Hall–Kier alpha value is -1.19.